The van der Waals surface area contributed by atoms with Crippen molar-refractivity contribution in [3.05, 3.63) is 0 Å². The van der Waals surface area contributed by atoms with E-state index in [1.807, 2.05) is 6.92 Å². The molecule has 11 heavy (non-hydrogen) atoms. The summed E-state index contributed by atoms with van der Waals surface area (Å²) in [4.78, 5) is 0. The van der Waals surface area contributed by atoms with E-state index in [2.05, 4.69) is 19.2 Å². The lowest BCUT2D eigenvalue weighted by Gasteiger charge is -2.09. The normalized spacial score (nSPS) is 13.4. The van der Waals surface area contributed by atoms with Crippen LogP contribution in [-0.2, 0) is 4.74 Å². The van der Waals surface area contributed by atoms with Gasteiger partial charge in [0.2, 0.25) is 0 Å². The molecular weight excluding hydrogens is 138 g/mol. The van der Waals surface area contributed by atoms with Crippen molar-refractivity contribution in [3.63, 3.8) is 0 Å². The molecule has 0 aromatic heterocycles. The number of nitrogens with one attached hydrogen (secondary N) is 1. The van der Waals surface area contributed by atoms with Crippen molar-refractivity contribution < 1.29 is 4.74 Å². The van der Waals surface area contributed by atoms with Crippen molar-refractivity contribution in [2.45, 2.75) is 27.2 Å². The summed E-state index contributed by atoms with van der Waals surface area (Å²) in [6.45, 7) is 10.3. The van der Waals surface area contributed by atoms with Gasteiger partial charge in [-0.2, -0.15) is 0 Å². The summed E-state index contributed by atoms with van der Waals surface area (Å²) < 4.78 is 5.19. The van der Waals surface area contributed by atoms with Crippen LogP contribution in [0.3, 0.4) is 0 Å². The minimum Gasteiger partial charge on any atom is -0.380 e. The first kappa shape index (κ1) is 10.9. The van der Waals surface area contributed by atoms with E-state index in [1.54, 1.807) is 0 Å². The molecule has 2 nitrogen and oxygen atoms in total. The molecule has 0 rings (SSSR count). The van der Waals surface area contributed by atoms with Crippen LogP contribution in [-0.4, -0.2) is 26.3 Å². The highest BCUT2D eigenvalue weighted by Gasteiger charge is 1.95. The van der Waals surface area contributed by atoms with Gasteiger partial charge in [0, 0.05) is 13.2 Å². The molecule has 0 aromatic carbocycles. The highest BCUT2D eigenvalue weighted by atomic mass is 16.5. The summed E-state index contributed by atoms with van der Waals surface area (Å²) >= 11 is 0. The zero-order valence-corrected chi connectivity index (χ0v) is 8.02. The molecule has 0 aliphatic heterocycles. The molecule has 1 atom stereocenters. The van der Waals surface area contributed by atoms with Crippen LogP contribution < -0.4 is 5.32 Å². The molecule has 0 bridgehead atoms. The maximum absolute atomic E-state index is 5.19. The lowest BCUT2D eigenvalue weighted by Crippen LogP contribution is -2.24. The number of ether oxygens (including phenoxy) is 1. The predicted octanol–water partition coefficient (Wildman–Crippen LogP) is 1.66. The molecule has 68 valence electrons. The summed E-state index contributed by atoms with van der Waals surface area (Å²) in [5.41, 5.74) is 0. The second-order valence-electron chi connectivity index (χ2n) is 2.91. The molecule has 0 saturated carbocycles. The average Bonchev–Trinajstić information content (AvgIpc) is 2.04. The number of rotatable bonds is 7. The van der Waals surface area contributed by atoms with Crippen molar-refractivity contribution in [2.75, 3.05) is 26.3 Å². The Labute approximate surface area is 70.3 Å². The van der Waals surface area contributed by atoms with Crippen molar-refractivity contribution in [1.82, 2.24) is 5.32 Å². The van der Waals surface area contributed by atoms with E-state index in [0.29, 0.717) is 0 Å². The Kier molecular flexibility index (Phi) is 7.96. The molecule has 0 amide bonds. The molecule has 0 aliphatic carbocycles. The second kappa shape index (κ2) is 8.02. The molecule has 0 aliphatic rings. The Morgan fingerprint density at radius 2 is 2.09 bits per heavy atom. The van der Waals surface area contributed by atoms with Gasteiger partial charge in [-0.15, -0.1) is 0 Å². The van der Waals surface area contributed by atoms with Crippen molar-refractivity contribution in [2.24, 2.45) is 5.92 Å². The summed E-state index contributed by atoms with van der Waals surface area (Å²) in [5.74, 6) is 0.789. The Balaban J connectivity index is 2.89. The fourth-order valence-electron chi connectivity index (χ4n) is 0.781. The lowest BCUT2D eigenvalue weighted by atomic mass is 10.1. The van der Waals surface area contributed by atoms with Crippen LogP contribution in [0.15, 0.2) is 0 Å². The predicted molar refractivity (Wildman–Crippen MR) is 48.8 cm³/mol. The van der Waals surface area contributed by atoms with Crippen molar-refractivity contribution in [3.8, 4) is 0 Å². The van der Waals surface area contributed by atoms with Gasteiger partial charge >= 0.3 is 0 Å². The first-order chi connectivity index (χ1) is 5.31. The van der Waals surface area contributed by atoms with E-state index >= 15 is 0 Å². The monoisotopic (exact) mass is 159 g/mol. The molecule has 0 heterocycles. The van der Waals surface area contributed by atoms with Gasteiger partial charge < -0.3 is 10.1 Å². The Morgan fingerprint density at radius 1 is 1.36 bits per heavy atom. The molecule has 2 heteroatoms. The maximum Gasteiger partial charge on any atom is 0.0590 e. The Morgan fingerprint density at radius 3 is 2.64 bits per heavy atom. The van der Waals surface area contributed by atoms with Crippen LogP contribution >= 0.6 is 0 Å². The fourth-order valence-corrected chi connectivity index (χ4v) is 0.781. The SMILES string of the molecule is CCOCCNCC(C)CC. The van der Waals surface area contributed by atoms with Gasteiger partial charge in [0.25, 0.3) is 0 Å². The summed E-state index contributed by atoms with van der Waals surface area (Å²) in [6, 6.07) is 0. The van der Waals surface area contributed by atoms with Gasteiger partial charge in [-0.3, -0.25) is 0 Å². The van der Waals surface area contributed by atoms with E-state index in [0.717, 1.165) is 32.2 Å². The van der Waals surface area contributed by atoms with E-state index in [9.17, 15) is 0 Å². The number of hydrogen-bond acceptors (Lipinski definition) is 2. The van der Waals surface area contributed by atoms with Crippen LogP contribution in [0.2, 0.25) is 0 Å². The average molecular weight is 159 g/mol. The molecule has 0 saturated heterocycles. The minimum absolute atomic E-state index is 0.789. The van der Waals surface area contributed by atoms with Gasteiger partial charge in [0.1, 0.15) is 0 Å². The Bertz CT molecular complexity index is 76.0. The van der Waals surface area contributed by atoms with Crippen LogP contribution in [0.4, 0.5) is 0 Å². The molecule has 1 unspecified atom stereocenters. The zero-order chi connectivity index (χ0) is 8.53. The molecule has 0 spiro atoms. The maximum atomic E-state index is 5.19. The van der Waals surface area contributed by atoms with E-state index < -0.39 is 0 Å². The summed E-state index contributed by atoms with van der Waals surface area (Å²) in [5, 5.41) is 3.35. The first-order valence-electron chi connectivity index (χ1n) is 4.59. The molecule has 1 N–H and O–H groups in total. The largest absolute Gasteiger partial charge is 0.380 e. The molecule has 0 aromatic rings. The van der Waals surface area contributed by atoms with Crippen LogP contribution in [0, 0.1) is 5.92 Å². The zero-order valence-electron chi connectivity index (χ0n) is 8.02. The van der Waals surface area contributed by atoms with Gasteiger partial charge in [-0.1, -0.05) is 20.3 Å². The third-order valence-corrected chi connectivity index (χ3v) is 1.82. The van der Waals surface area contributed by atoms with Gasteiger partial charge in [-0.05, 0) is 19.4 Å². The van der Waals surface area contributed by atoms with E-state index in [4.69, 9.17) is 4.74 Å². The fraction of sp³-hybridized carbons (Fsp3) is 1.00. The Hall–Kier alpha value is -0.0800. The lowest BCUT2D eigenvalue weighted by molar-refractivity contribution is 0.148. The summed E-state index contributed by atoms with van der Waals surface area (Å²) in [7, 11) is 0. The van der Waals surface area contributed by atoms with Gasteiger partial charge in [0.05, 0.1) is 6.61 Å². The molecule has 0 radical (unpaired) electrons. The van der Waals surface area contributed by atoms with Gasteiger partial charge in [0.15, 0.2) is 0 Å². The van der Waals surface area contributed by atoms with Crippen molar-refractivity contribution >= 4 is 0 Å². The highest BCUT2D eigenvalue weighted by molar-refractivity contribution is 4.53. The van der Waals surface area contributed by atoms with E-state index in [-0.39, 0.29) is 0 Å². The third-order valence-electron chi connectivity index (χ3n) is 1.82. The smallest absolute Gasteiger partial charge is 0.0590 e. The van der Waals surface area contributed by atoms with Crippen LogP contribution in [0.25, 0.3) is 0 Å². The van der Waals surface area contributed by atoms with Crippen LogP contribution in [0.1, 0.15) is 27.2 Å². The second-order valence-corrected chi connectivity index (χ2v) is 2.91. The molecular formula is C9H21NO. The van der Waals surface area contributed by atoms with Crippen LogP contribution in [0.5, 0.6) is 0 Å². The quantitative estimate of drug-likeness (QED) is 0.570. The van der Waals surface area contributed by atoms with Crippen molar-refractivity contribution in [1.29, 1.82) is 0 Å². The van der Waals surface area contributed by atoms with Gasteiger partial charge in [-0.25, -0.2) is 0 Å². The highest BCUT2D eigenvalue weighted by Crippen LogP contribution is 1.96. The molecule has 0 fully saturated rings. The number of hydrogen-bond donors (Lipinski definition) is 1. The standard InChI is InChI=1S/C9H21NO/c1-4-9(3)8-10-6-7-11-5-2/h9-10H,4-8H2,1-3H3. The summed E-state index contributed by atoms with van der Waals surface area (Å²) in [6.07, 6.45) is 1.25. The first-order valence-corrected chi connectivity index (χ1v) is 4.59. The topological polar surface area (TPSA) is 21.3 Å². The minimum atomic E-state index is 0.789. The third kappa shape index (κ3) is 7.82. The van der Waals surface area contributed by atoms with E-state index in [1.165, 1.54) is 6.42 Å².